The van der Waals surface area contributed by atoms with Gasteiger partial charge in [0.25, 0.3) is 5.91 Å². The molecule has 0 radical (unpaired) electrons. The monoisotopic (exact) mass is 463 g/mol. The van der Waals surface area contributed by atoms with E-state index < -0.39 is 0 Å². The molecule has 2 atom stereocenters. The highest BCUT2D eigenvalue weighted by Crippen LogP contribution is 2.45. The molecule has 3 heterocycles. The van der Waals surface area contributed by atoms with E-state index in [4.69, 9.17) is 0 Å². The van der Waals surface area contributed by atoms with Crippen LogP contribution in [0.5, 0.6) is 0 Å². The Morgan fingerprint density at radius 3 is 2.85 bits per heavy atom. The number of rotatable bonds is 4. The topological polar surface area (TPSA) is 65.8 Å². The Kier molecular flexibility index (Phi) is 5.93. The second-order valence-corrected chi connectivity index (χ2v) is 10.1. The molecule has 1 aromatic carbocycles. The van der Waals surface area contributed by atoms with Crippen molar-refractivity contribution in [3.63, 3.8) is 0 Å². The molecule has 7 heteroatoms. The molecule has 1 aromatic heterocycles. The number of hydrogen-bond donors (Lipinski definition) is 1. The van der Waals surface area contributed by atoms with Crippen LogP contribution < -0.4 is 10.4 Å². The lowest BCUT2D eigenvalue weighted by Gasteiger charge is -2.45. The molecule has 2 aromatic rings. The predicted octanol–water partition coefficient (Wildman–Crippen LogP) is 3.73. The van der Waals surface area contributed by atoms with Crippen molar-refractivity contribution in [2.24, 2.45) is 5.92 Å². The van der Waals surface area contributed by atoms with Crippen molar-refractivity contribution in [1.82, 2.24) is 9.58 Å². The van der Waals surface area contributed by atoms with E-state index in [1.807, 2.05) is 23.4 Å². The SMILES string of the molecule is Cc1c2n(ccc1=O)N(C1C3=C(C=CCC3)SCc3ccccc31)CN(CC(C)CO)C2=O. The van der Waals surface area contributed by atoms with Crippen molar-refractivity contribution in [3.05, 3.63) is 91.8 Å². The summed E-state index contributed by atoms with van der Waals surface area (Å²) in [6.45, 7) is 4.49. The maximum atomic E-state index is 13.5. The van der Waals surface area contributed by atoms with Crippen LogP contribution in [0.2, 0.25) is 0 Å². The summed E-state index contributed by atoms with van der Waals surface area (Å²) in [5, 5.41) is 11.9. The average molecular weight is 464 g/mol. The van der Waals surface area contributed by atoms with Crippen molar-refractivity contribution in [2.45, 2.75) is 38.5 Å². The van der Waals surface area contributed by atoms with Crippen LogP contribution >= 0.6 is 11.8 Å². The minimum absolute atomic E-state index is 0.00730. The quantitative estimate of drug-likeness (QED) is 0.749. The van der Waals surface area contributed by atoms with Crippen LogP contribution in [0.25, 0.3) is 0 Å². The van der Waals surface area contributed by atoms with Gasteiger partial charge in [0.15, 0.2) is 5.43 Å². The number of thioether (sulfide) groups is 1. The molecule has 0 fully saturated rings. The van der Waals surface area contributed by atoms with Gasteiger partial charge < -0.3 is 10.0 Å². The lowest BCUT2D eigenvalue weighted by Crippen LogP contribution is -2.57. The molecule has 2 aliphatic heterocycles. The van der Waals surface area contributed by atoms with Gasteiger partial charge in [-0.05, 0) is 42.4 Å². The summed E-state index contributed by atoms with van der Waals surface area (Å²) in [5.74, 6) is 0.697. The number of aliphatic hydroxyl groups is 1. The molecule has 2 unspecified atom stereocenters. The molecule has 5 rings (SSSR count). The van der Waals surface area contributed by atoms with Gasteiger partial charge in [0.2, 0.25) is 0 Å². The first kappa shape index (κ1) is 22.0. The molecular weight excluding hydrogens is 434 g/mol. The normalized spacial score (nSPS) is 20.8. The van der Waals surface area contributed by atoms with Gasteiger partial charge in [0.05, 0.1) is 6.04 Å². The summed E-state index contributed by atoms with van der Waals surface area (Å²) in [4.78, 5) is 29.1. The number of allylic oxidation sites excluding steroid dienone is 2. The van der Waals surface area contributed by atoms with Crippen LogP contribution in [-0.2, 0) is 5.75 Å². The maximum Gasteiger partial charge on any atom is 0.274 e. The van der Waals surface area contributed by atoms with E-state index in [9.17, 15) is 14.7 Å². The molecule has 1 aliphatic carbocycles. The fourth-order valence-electron chi connectivity index (χ4n) is 5.02. The molecule has 1 amide bonds. The highest BCUT2D eigenvalue weighted by Gasteiger charge is 2.38. The summed E-state index contributed by atoms with van der Waals surface area (Å²) < 4.78 is 1.90. The lowest BCUT2D eigenvalue weighted by atomic mass is 9.89. The Labute approximate surface area is 198 Å². The first-order valence-corrected chi connectivity index (χ1v) is 12.5. The number of benzene rings is 1. The van der Waals surface area contributed by atoms with Gasteiger partial charge in [-0.2, -0.15) is 0 Å². The van der Waals surface area contributed by atoms with E-state index in [2.05, 4.69) is 41.4 Å². The van der Waals surface area contributed by atoms with Crippen molar-refractivity contribution in [2.75, 3.05) is 24.8 Å². The largest absolute Gasteiger partial charge is 0.396 e. The number of aromatic nitrogens is 1. The van der Waals surface area contributed by atoms with Gasteiger partial charge in [0.1, 0.15) is 12.4 Å². The molecule has 0 spiro atoms. The smallest absolute Gasteiger partial charge is 0.274 e. The maximum absolute atomic E-state index is 13.5. The number of amides is 1. The highest BCUT2D eigenvalue weighted by atomic mass is 32.2. The molecule has 0 saturated heterocycles. The van der Waals surface area contributed by atoms with Crippen molar-refractivity contribution >= 4 is 17.7 Å². The Morgan fingerprint density at radius 1 is 1.21 bits per heavy atom. The molecule has 1 N–H and O–H groups in total. The average Bonchev–Trinajstić information content (AvgIpc) is 3.00. The number of hydrogen-bond acceptors (Lipinski definition) is 5. The second kappa shape index (κ2) is 8.88. The van der Waals surface area contributed by atoms with Crippen LogP contribution in [0.15, 0.2) is 64.0 Å². The van der Waals surface area contributed by atoms with E-state index in [0.717, 1.165) is 18.6 Å². The fraction of sp³-hybridized carbons (Fsp3) is 0.385. The number of carbonyl (C=O) groups is 1. The van der Waals surface area contributed by atoms with Gasteiger partial charge in [-0.3, -0.25) is 19.3 Å². The van der Waals surface area contributed by atoms with E-state index in [1.165, 1.54) is 21.6 Å². The number of fused-ring (bicyclic) bond motifs is 2. The molecule has 6 nitrogen and oxygen atoms in total. The first-order chi connectivity index (χ1) is 16.0. The Bertz CT molecular complexity index is 1220. The van der Waals surface area contributed by atoms with Crippen molar-refractivity contribution < 1.29 is 9.90 Å². The summed E-state index contributed by atoms with van der Waals surface area (Å²) >= 11 is 1.87. The van der Waals surface area contributed by atoms with E-state index in [-0.39, 0.29) is 29.9 Å². The number of carbonyl (C=O) groups excluding carboxylic acids is 1. The standard InChI is InChI=1S/C26H29N3O3S/c1-17(14-30)13-27-16-29(28-12-11-22(31)18(2)24(28)26(27)32)25-20-8-4-3-7-19(20)15-33-23-10-6-5-9-21(23)25/h3-4,6-8,10-12,17,25,30H,5,9,13-16H2,1-2H3. The zero-order valence-electron chi connectivity index (χ0n) is 19.0. The molecule has 0 bridgehead atoms. The fourth-order valence-corrected chi connectivity index (χ4v) is 6.19. The number of nitrogens with zero attached hydrogens (tertiary/aromatic N) is 3. The molecule has 3 aliphatic rings. The Morgan fingerprint density at radius 2 is 2.03 bits per heavy atom. The summed E-state index contributed by atoms with van der Waals surface area (Å²) in [6.07, 6.45) is 8.17. The highest BCUT2D eigenvalue weighted by molar-refractivity contribution is 8.02. The van der Waals surface area contributed by atoms with Crippen LogP contribution in [0.3, 0.4) is 0 Å². The lowest BCUT2D eigenvalue weighted by molar-refractivity contribution is 0.0631. The van der Waals surface area contributed by atoms with E-state index in [0.29, 0.717) is 24.5 Å². The third-order valence-corrected chi connectivity index (χ3v) is 7.94. The van der Waals surface area contributed by atoms with E-state index in [1.54, 1.807) is 24.1 Å². The number of pyridine rings is 1. The zero-order valence-corrected chi connectivity index (χ0v) is 19.8. The van der Waals surface area contributed by atoms with Crippen molar-refractivity contribution in [1.29, 1.82) is 0 Å². The first-order valence-electron chi connectivity index (χ1n) is 11.5. The van der Waals surface area contributed by atoms with Gasteiger partial charge in [-0.15, -0.1) is 11.8 Å². The van der Waals surface area contributed by atoms with Gasteiger partial charge in [-0.25, -0.2) is 0 Å². The van der Waals surface area contributed by atoms with Crippen LogP contribution in [-0.4, -0.2) is 40.4 Å². The minimum Gasteiger partial charge on any atom is -0.396 e. The zero-order chi connectivity index (χ0) is 23.1. The van der Waals surface area contributed by atoms with Crippen LogP contribution in [0, 0.1) is 12.8 Å². The minimum atomic E-state index is -0.157. The van der Waals surface area contributed by atoms with Crippen molar-refractivity contribution in [3.8, 4) is 0 Å². The Balaban J connectivity index is 1.72. The van der Waals surface area contributed by atoms with E-state index >= 15 is 0 Å². The molecule has 172 valence electrons. The molecule has 33 heavy (non-hydrogen) atoms. The third-order valence-electron chi connectivity index (χ3n) is 6.77. The summed E-state index contributed by atoms with van der Waals surface area (Å²) in [7, 11) is 0. The van der Waals surface area contributed by atoms with Gasteiger partial charge >= 0.3 is 0 Å². The van der Waals surface area contributed by atoms with Crippen LogP contribution in [0.4, 0.5) is 0 Å². The number of aliphatic hydroxyl groups excluding tert-OH is 1. The predicted molar refractivity (Wildman–Crippen MR) is 132 cm³/mol. The van der Waals surface area contributed by atoms with Crippen LogP contribution in [0.1, 0.15) is 53.0 Å². The third kappa shape index (κ3) is 3.83. The Hall–Kier alpha value is -2.77. The van der Waals surface area contributed by atoms with Gasteiger partial charge in [-0.1, -0.05) is 43.3 Å². The van der Waals surface area contributed by atoms with Gasteiger partial charge in [0, 0.05) is 41.6 Å². The summed E-state index contributed by atoms with van der Waals surface area (Å²) in [6, 6.07) is 10.1. The molecule has 0 saturated carbocycles. The second-order valence-electron chi connectivity index (χ2n) is 9.11. The molecular formula is C26H29N3O3S. The summed E-state index contributed by atoms with van der Waals surface area (Å²) in [5.41, 5.74) is 4.65.